The molecule has 1 atom stereocenters. The van der Waals surface area contributed by atoms with E-state index in [-0.39, 0.29) is 10.9 Å². The van der Waals surface area contributed by atoms with Crippen LogP contribution in [0.25, 0.3) is 10.2 Å². The van der Waals surface area contributed by atoms with Crippen LogP contribution < -0.4 is 20.1 Å². The molecule has 0 radical (unpaired) electrons. The summed E-state index contributed by atoms with van der Waals surface area (Å²) in [6, 6.07) is 22.1. The predicted molar refractivity (Wildman–Crippen MR) is 147 cm³/mol. The van der Waals surface area contributed by atoms with Crippen molar-refractivity contribution < 1.29 is 17.9 Å². The summed E-state index contributed by atoms with van der Waals surface area (Å²) in [6.45, 7) is 0.915. The molecular formula is C27H27N5O4S2. The summed E-state index contributed by atoms with van der Waals surface area (Å²) in [4.78, 5) is 16.1. The van der Waals surface area contributed by atoms with Crippen molar-refractivity contribution in [1.29, 1.82) is 5.26 Å². The minimum Gasteiger partial charge on any atom is -0.493 e. The van der Waals surface area contributed by atoms with Crippen LogP contribution in [0.2, 0.25) is 0 Å². The second-order valence-corrected chi connectivity index (χ2v) is 11.2. The topological polar surface area (TPSA) is 133 Å². The lowest BCUT2D eigenvalue weighted by atomic mass is 10.0. The van der Waals surface area contributed by atoms with E-state index in [1.807, 2.05) is 24.3 Å². The fraction of sp³-hybridized carbons (Fsp3) is 0.222. The van der Waals surface area contributed by atoms with Gasteiger partial charge in [-0.15, -0.1) is 11.3 Å². The third-order valence-corrected chi connectivity index (χ3v) is 8.24. The van der Waals surface area contributed by atoms with Crippen LogP contribution in [-0.2, 0) is 16.4 Å². The van der Waals surface area contributed by atoms with E-state index in [1.165, 1.54) is 11.3 Å². The molecular weight excluding hydrogens is 522 g/mol. The minimum absolute atomic E-state index is 0.165. The van der Waals surface area contributed by atoms with Gasteiger partial charge >= 0.3 is 6.03 Å². The number of nitrogens with one attached hydrogen (secondary N) is 3. The molecule has 196 valence electrons. The van der Waals surface area contributed by atoms with Gasteiger partial charge in [-0.2, -0.15) is 5.26 Å². The first kappa shape index (κ1) is 27.1. The highest BCUT2D eigenvalue weighted by atomic mass is 32.2. The fourth-order valence-corrected chi connectivity index (χ4v) is 6.09. The third-order valence-electron chi connectivity index (χ3n) is 5.62. The first-order valence-corrected chi connectivity index (χ1v) is 14.2. The molecule has 0 saturated carbocycles. The molecule has 0 spiro atoms. The molecule has 0 aliphatic carbocycles. The molecule has 2 amide bonds. The number of urea groups is 1. The summed E-state index contributed by atoms with van der Waals surface area (Å²) < 4.78 is 35.9. The predicted octanol–water partition coefficient (Wildman–Crippen LogP) is 4.13. The molecule has 3 N–H and O–H groups in total. The Morgan fingerprint density at radius 3 is 2.68 bits per heavy atom. The van der Waals surface area contributed by atoms with E-state index in [0.717, 1.165) is 15.8 Å². The quantitative estimate of drug-likeness (QED) is 0.241. The molecule has 4 rings (SSSR count). The number of carbonyl (C=O) groups excluding carboxylic acids is 1. The number of hydrogen-bond donors (Lipinski definition) is 3. The number of thiazole rings is 1. The van der Waals surface area contributed by atoms with Crippen LogP contribution in [0.4, 0.5) is 4.79 Å². The molecule has 11 heteroatoms. The Labute approximate surface area is 225 Å². The number of hydrogen-bond acceptors (Lipinski definition) is 7. The van der Waals surface area contributed by atoms with Crippen LogP contribution in [0.3, 0.4) is 0 Å². The summed E-state index contributed by atoms with van der Waals surface area (Å²) >= 11 is 1.39. The van der Waals surface area contributed by atoms with Crippen molar-refractivity contribution in [3.63, 3.8) is 0 Å². The van der Waals surface area contributed by atoms with E-state index in [1.54, 1.807) is 55.6 Å². The van der Waals surface area contributed by atoms with E-state index in [2.05, 4.69) is 21.4 Å². The highest BCUT2D eigenvalue weighted by Gasteiger charge is 2.25. The fourth-order valence-electron chi connectivity index (χ4n) is 3.75. The van der Waals surface area contributed by atoms with E-state index >= 15 is 0 Å². The van der Waals surface area contributed by atoms with Crippen LogP contribution in [-0.4, -0.2) is 39.6 Å². The Morgan fingerprint density at radius 1 is 1.11 bits per heavy atom. The molecule has 0 bridgehead atoms. The zero-order valence-electron chi connectivity index (χ0n) is 20.7. The molecule has 3 aromatic carbocycles. The number of benzene rings is 3. The van der Waals surface area contributed by atoms with Crippen molar-refractivity contribution in [2.45, 2.75) is 23.8 Å². The summed E-state index contributed by atoms with van der Waals surface area (Å²) in [5.74, 6) is 0.663. The van der Waals surface area contributed by atoms with Gasteiger partial charge in [0.25, 0.3) is 0 Å². The molecule has 1 unspecified atom stereocenters. The number of carbonyl (C=O) groups is 1. The molecule has 38 heavy (non-hydrogen) atoms. The van der Waals surface area contributed by atoms with Crippen molar-refractivity contribution >= 4 is 37.6 Å². The number of aromatic nitrogens is 1. The van der Waals surface area contributed by atoms with Crippen molar-refractivity contribution in [3.05, 3.63) is 88.9 Å². The number of fused-ring (bicyclic) bond motifs is 1. The summed E-state index contributed by atoms with van der Waals surface area (Å²) in [5.41, 5.74) is 2.05. The summed E-state index contributed by atoms with van der Waals surface area (Å²) in [6.07, 6.45) is 0.966. The SMILES string of the molecule is CNC(=O)NCCCOc1ccc2nc(C(Cc3cccc(C#N)c3)NS(=O)(=O)c3ccccc3)sc2c1. The summed E-state index contributed by atoms with van der Waals surface area (Å²) in [5, 5.41) is 15.1. The number of amides is 2. The van der Waals surface area contributed by atoms with E-state index in [0.29, 0.717) is 42.3 Å². The zero-order chi connectivity index (χ0) is 27.0. The second-order valence-electron chi connectivity index (χ2n) is 8.39. The lowest BCUT2D eigenvalue weighted by Crippen LogP contribution is -2.33. The van der Waals surface area contributed by atoms with Crippen LogP contribution in [0.1, 0.15) is 28.6 Å². The maximum Gasteiger partial charge on any atom is 0.314 e. The number of ether oxygens (including phenoxy) is 1. The Morgan fingerprint density at radius 2 is 1.92 bits per heavy atom. The molecule has 1 aromatic heterocycles. The second kappa shape index (κ2) is 12.5. The van der Waals surface area contributed by atoms with E-state index in [4.69, 9.17) is 9.72 Å². The lowest BCUT2D eigenvalue weighted by molar-refractivity contribution is 0.241. The normalized spacial score (nSPS) is 12.0. The van der Waals surface area contributed by atoms with Gasteiger partial charge in [0, 0.05) is 13.6 Å². The van der Waals surface area contributed by atoms with Gasteiger partial charge < -0.3 is 15.4 Å². The molecule has 0 saturated heterocycles. The Hall–Kier alpha value is -3.98. The van der Waals surface area contributed by atoms with E-state index < -0.39 is 16.1 Å². The third kappa shape index (κ3) is 7.07. The minimum atomic E-state index is -3.82. The Kier molecular flexibility index (Phi) is 8.91. The number of rotatable bonds is 11. The van der Waals surface area contributed by atoms with Crippen molar-refractivity contribution in [1.82, 2.24) is 20.3 Å². The maximum atomic E-state index is 13.2. The molecule has 0 fully saturated rings. The van der Waals surface area contributed by atoms with Gasteiger partial charge in [0.05, 0.1) is 39.4 Å². The Balaban J connectivity index is 1.56. The smallest absolute Gasteiger partial charge is 0.314 e. The first-order valence-electron chi connectivity index (χ1n) is 11.9. The van der Waals surface area contributed by atoms with Gasteiger partial charge in [0.15, 0.2) is 0 Å². The number of nitrogens with zero attached hydrogens (tertiary/aromatic N) is 2. The molecule has 1 heterocycles. The summed E-state index contributed by atoms with van der Waals surface area (Å²) in [7, 11) is -2.26. The number of sulfonamides is 1. The average Bonchev–Trinajstić information content (AvgIpc) is 3.36. The van der Waals surface area contributed by atoms with E-state index in [9.17, 15) is 18.5 Å². The average molecular weight is 550 g/mol. The van der Waals surface area contributed by atoms with Gasteiger partial charge in [-0.3, -0.25) is 0 Å². The van der Waals surface area contributed by atoms with Gasteiger partial charge in [-0.05, 0) is 60.9 Å². The first-order chi connectivity index (χ1) is 18.4. The van der Waals surface area contributed by atoms with Gasteiger partial charge in [-0.25, -0.2) is 22.9 Å². The highest BCUT2D eigenvalue weighted by molar-refractivity contribution is 7.89. The molecule has 0 aliphatic heterocycles. The van der Waals surface area contributed by atoms with Gasteiger partial charge in [0.2, 0.25) is 10.0 Å². The van der Waals surface area contributed by atoms with Crippen molar-refractivity contribution in [2.75, 3.05) is 20.2 Å². The van der Waals surface area contributed by atoms with Gasteiger partial charge in [-0.1, -0.05) is 30.3 Å². The molecule has 0 aliphatic rings. The zero-order valence-corrected chi connectivity index (χ0v) is 22.3. The van der Waals surface area contributed by atoms with Crippen LogP contribution in [0, 0.1) is 11.3 Å². The number of nitriles is 1. The monoisotopic (exact) mass is 549 g/mol. The standard InChI is InChI=1S/C27H27N5O4S2/c1-29-27(33)30-13-6-14-36-21-11-12-23-25(17-21)37-26(31-23)24(16-19-7-5-8-20(15-19)18-28)32-38(34,35)22-9-3-2-4-10-22/h2-5,7-12,15,17,24,32H,6,13-14,16H2,1H3,(H2,29,30,33). The molecule has 4 aromatic rings. The van der Waals surface area contributed by atoms with Gasteiger partial charge in [0.1, 0.15) is 10.8 Å². The van der Waals surface area contributed by atoms with Crippen LogP contribution >= 0.6 is 11.3 Å². The highest BCUT2D eigenvalue weighted by Crippen LogP contribution is 2.32. The largest absolute Gasteiger partial charge is 0.493 e. The van der Waals surface area contributed by atoms with Crippen molar-refractivity contribution in [3.8, 4) is 11.8 Å². The van der Waals surface area contributed by atoms with Crippen LogP contribution in [0.15, 0.2) is 77.7 Å². The molecule has 9 nitrogen and oxygen atoms in total. The lowest BCUT2D eigenvalue weighted by Gasteiger charge is -2.17. The maximum absolute atomic E-state index is 13.2. The van der Waals surface area contributed by atoms with Crippen LogP contribution in [0.5, 0.6) is 5.75 Å². The Bertz CT molecular complexity index is 1550. The van der Waals surface area contributed by atoms with Crippen molar-refractivity contribution in [2.24, 2.45) is 0 Å².